The fraction of sp³-hybridized carbons (Fsp3) is 0.333. The average Bonchev–Trinajstić information content (AvgIpc) is 1.69. The minimum Gasteiger partial charge on any atom is -0.216 e. The molecule has 0 saturated heterocycles. The Bertz CT molecular complexity index is 75.7. The van der Waals surface area contributed by atoms with E-state index < -0.39 is 8.34 Å². The molecule has 0 spiro atoms. The van der Waals surface area contributed by atoms with E-state index in [-0.39, 0.29) is 6.33 Å². The monoisotopic (exact) mass is 143 g/mol. The topological polar surface area (TPSA) is 26.3 Å². The predicted molar refractivity (Wildman–Crippen MR) is 27.0 cm³/mol. The summed E-state index contributed by atoms with van der Waals surface area (Å²) in [6.45, 7) is 2.69. The summed E-state index contributed by atoms with van der Waals surface area (Å²) in [6, 6.07) is 0. The quantitative estimate of drug-likeness (QED) is 0.526. The molecule has 0 aromatic heterocycles. The van der Waals surface area contributed by atoms with Gasteiger partial charge in [0.2, 0.25) is 0 Å². The van der Waals surface area contributed by atoms with Crippen molar-refractivity contribution in [3.05, 3.63) is 12.9 Å². The smallest absolute Gasteiger partial charge is 0.216 e. The third-order valence-electron chi connectivity index (χ3n) is 0.144. The maximum absolute atomic E-state index is 10.7. The highest BCUT2D eigenvalue weighted by atomic mass is 31.2. The van der Waals surface area contributed by atoms with Crippen LogP contribution in [0.5, 0.6) is 0 Å². The van der Waals surface area contributed by atoms with Crippen molar-refractivity contribution < 1.29 is 17.7 Å². The van der Waals surface area contributed by atoms with E-state index in [9.17, 15) is 8.59 Å². The summed E-state index contributed by atoms with van der Waals surface area (Å²) in [5, 5.41) is 0. The fourth-order valence-electron chi connectivity index (χ4n) is 0. The van der Waals surface area contributed by atoms with Crippen LogP contribution >= 0.6 is 8.34 Å². The largest absolute Gasteiger partial charge is 0.746 e. The Labute approximate surface area is 47.1 Å². The van der Waals surface area contributed by atoms with Crippen LogP contribution in [-0.2, 0) is 9.09 Å². The molecule has 0 heterocycles. The van der Waals surface area contributed by atoms with Gasteiger partial charge in [0.25, 0.3) is 0 Å². The molecular weight excluding hydrogens is 137 g/mol. The van der Waals surface area contributed by atoms with E-state index in [1.165, 1.54) is 0 Å². The van der Waals surface area contributed by atoms with E-state index in [4.69, 9.17) is 4.57 Å². The van der Waals surface area contributed by atoms with Crippen LogP contribution in [0.1, 0.15) is 0 Å². The van der Waals surface area contributed by atoms with Gasteiger partial charge in [-0.1, -0.05) is 6.58 Å². The predicted octanol–water partition coefficient (Wildman–Crippen LogP) is 2.36. The first-order chi connectivity index (χ1) is 3.68. The van der Waals surface area contributed by atoms with Gasteiger partial charge in [-0.15, -0.1) is 4.52 Å². The second-order valence-electron chi connectivity index (χ2n) is 0.549. The van der Waals surface area contributed by atoms with E-state index in [1.807, 2.05) is 0 Å². The van der Waals surface area contributed by atoms with Crippen LogP contribution in [0, 0.1) is 0 Å². The van der Waals surface area contributed by atoms with Gasteiger partial charge in [0, 0.05) is 4.57 Å². The van der Waals surface area contributed by atoms with Crippen LogP contribution in [0.3, 0.4) is 0 Å². The number of hydrogen-bond donors (Lipinski definition) is 0. The Kier molecular flexibility index (Phi) is 13.0. The van der Waals surface area contributed by atoms with Gasteiger partial charge in [-0.3, -0.25) is 0 Å². The summed E-state index contributed by atoms with van der Waals surface area (Å²) >= 11 is 0. The number of rotatable bonds is 1. The summed E-state index contributed by atoms with van der Waals surface area (Å²) < 4.78 is 33.4. The molecule has 0 aromatic carbocycles. The van der Waals surface area contributed by atoms with Crippen molar-refractivity contribution >= 4 is 8.34 Å². The van der Waals surface area contributed by atoms with E-state index >= 15 is 0 Å². The van der Waals surface area contributed by atoms with Gasteiger partial charge in [0.1, 0.15) is 0 Å². The maximum atomic E-state index is 10.7. The highest BCUT2D eigenvalue weighted by Gasteiger charge is 2.08. The summed E-state index contributed by atoms with van der Waals surface area (Å²) in [5.41, 5.74) is 0. The van der Waals surface area contributed by atoms with Crippen molar-refractivity contribution in [1.82, 2.24) is 0 Å². The molecule has 1 unspecified atom stereocenters. The van der Waals surface area contributed by atoms with E-state index in [0.29, 0.717) is 0 Å². The third kappa shape index (κ3) is 44.6. The minimum absolute atomic E-state index is 0.250. The first-order valence-corrected chi connectivity index (χ1v) is 2.64. The summed E-state index contributed by atoms with van der Waals surface area (Å²) in [4.78, 5) is 0. The van der Waals surface area contributed by atoms with Crippen LogP contribution in [0.4, 0.5) is 8.59 Å². The molecule has 1 atom stereocenters. The zero-order chi connectivity index (χ0) is 6.99. The normalized spacial score (nSPS) is 8.62. The molecule has 0 N–H and O–H groups in total. The minimum atomic E-state index is -2.85. The summed E-state index contributed by atoms with van der Waals surface area (Å²) in [7, 11) is -1.81. The van der Waals surface area contributed by atoms with Gasteiger partial charge < -0.3 is 0 Å². The lowest BCUT2D eigenvalue weighted by molar-refractivity contribution is 0.381. The Hall–Kier alpha value is -0.340. The lowest BCUT2D eigenvalue weighted by Gasteiger charge is -1.51. The Morgan fingerprint density at radius 3 is 2.00 bits per heavy atom. The molecule has 5 heteroatoms. The van der Waals surface area contributed by atoms with Crippen LogP contribution < -0.4 is 0 Å². The average molecular weight is 143 g/mol. The zero-order valence-corrected chi connectivity index (χ0v) is 5.20. The van der Waals surface area contributed by atoms with Crippen LogP contribution in [0.2, 0.25) is 0 Å². The molecule has 0 saturated carbocycles. The van der Waals surface area contributed by atoms with Gasteiger partial charge in [-0.25, -0.2) is 4.39 Å². The van der Waals surface area contributed by atoms with E-state index in [0.717, 1.165) is 7.11 Å². The Balaban J connectivity index is 0. The first-order valence-electron chi connectivity index (χ1n) is 1.57. The molecule has 0 aliphatic carbocycles. The number of halogens is 2. The molecule has 0 fully saturated rings. The van der Waals surface area contributed by atoms with E-state index in [2.05, 4.69) is 11.1 Å². The molecule has 0 radical (unpaired) electrons. The second kappa shape index (κ2) is 9.83. The maximum Gasteiger partial charge on any atom is 0.746 e. The Morgan fingerprint density at radius 2 is 2.00 bits per heavy atom. The molecule has 8 heavy (non-hydrogen) atoms. The third-order valence-corrected chi connectivity index (χ3v) is 0.431. The van der Waals surface area contributed by atoms with Gasteiger partial charge in [0.05, 0.1) is 17.6 Å². The molecule has 0 rings (SSSR count). The highest BCUT2D eigenvalue weighted by molar-refractivity contribution is 7.32. The molecule has 0 aliphatic rings. The van der Waals surface area contributed by atoms with Crippen LogP contribution in [0.25, 0.3) is 0 Å². The van der Waals surface area contributed by atoms with E-state index in [1.54, 1.807) is 0 Å². The lowest BCUT2D eigenvalue weighted by atomic mass is 11.2. The molecule has 0 aliphatic heterocycles. The molecule has 48 valence electrons. The SMILES string of the molecule is C=CF.CO[P+](=O)F. The molecule has 2 nitrogen and oxygen atoms in total. The summed E-state index contributed by atoms with van der Waals surface area (Å²) in [6.07, 6.45) is 0.250. The number of hydrogen-bond acceptors (Lipinski definition) is 2. The molecular formula is C3H6F2O2P+. The van der Waals surface area contributed by atoms with Gasteiger partial charge in [-0.05, 0) is 0 Å². The van der Waals surface area contributed by atoms with Crippen molar-refractivity contribution in [3.63, 3.8) is 0 Å². The van der Waals surface area contributed by atoms with Crippen molar-refractivity contribution in [1.29, 1.82) is 0 Å². The molecule has 0 aromatic rings. The van der Waals surface area contributed by atoms with Crippen molar-refractivity contribution in [2.24, 2.45) is 0 Å². The van der Waals surface area contributed by atoms with Gasteiger partial charge >= 0.3 is 8.34 Å². The van der Waals surface area contributed by atoms with Crippen molar-refractivity contribution in [2.45, 2.75) is 0 Å². The van der Waals surface area contributed by atoms with Crippen LogP contribution in [-0.4, -0.2) is 7.11 Å². The first kappa shape index (κ1) is 10.6. The summed E-state index contributed by atoms with van der Waals surface area (Å²) in [5.74, 6) is 0. The second-order valence-corrected chi connectivity index (χ2v) is 1.34. The lowest BCUT2D eigenvalue weighted by Crippen LogP contribution is -1.51. The molecule has 0 amide bonds. The molecule has 0 bridgehead atoms. The zero-order valence-electron chi connectivity index (χ0n) is 4.30. The highest BCUT2D eigenvalue weighted by Crippen LogP contribution is 2.19. The van der Waals surface area contributed by atoms with Gasteiger partial charge in [-0.2, -0.15) is 0 Å². The van der Waals surface area contributed by atoms with Crippen molar-refractivity contribution in [2.75, 3.05) is 7.11 Å². The Morgan fingerprint density at radius 1 is 1.88 bits per heavy atom. The van der Waals surface area contributed by atoms with Gasteiger partial charge in [0.15, 0.2) is 0 Å². The van der Waals surface area contributed by atoms with Crippen LogP contribution in [0.15, 0.2) is 12.9 Å². The standard InChI is InChI=1S/C2H3F.CH3FO2P/c1-2-3;1-4-5(2)3/h2H,1H2;1H3/q;+1. The fourth-order valence-corrected chi connectivity index (χ4v) is 0. The van der Waals surface area contributed by atoms with Crippen molar-refractivity contribution in [3.8, 4) is 0 Å².